The van der Waals surface area contributed by atoms with Crippen molar-refractivity contribution in [2.24, 2.45) is 0 Å². The summed E-state index contributed by atoms with van der Waals surface area (Å²) < 4.78 is 0. The summed E-state index contributed by atoms with van der Waals surface area (Å²) in [5, 5.41) is 0. The van der Waals surface area contributed by atoms with Crippen LogP contribution in [0.25, 0.3) is 0 Å². The summed E-state index contributed by atoms with van der Waals surface area (Å²) in [6, 6.07) is 0. The van der Waals surface area contributed by atoms with Crippen molar-refractivity contribution >= 4 is 6.29 Å². The van der Waals surface area contributed by atoms with Crippen LogP contribution < -0.4 is 29.6 Å². The van der Waals surface area contributed by atoms with Gasteiger partial charge in [-0.15, -0.1) is 0 Å². The van der Waals surface area contributed by atoms with Crippen molar-refractivity contribution in [3.05, 3.63) is 18.2 Å². The Kier molecular flexibility index (Phi) is 5.58. The number of carbonyl (C=O) groups excluding carboxylic acids is 1. The first-order chi connectivity index (χ1) is 4.43. The molecule has 1 aromatic rings. The minimum Gasteiger partial charge on any atom is -1.00 e. The summed E-state index contributed by atoms with van der Waals surface area (Å²) in [6.45, 7) is 0. The van der Waals surface area contributed by atoms with Crippen molar-refractivity contribution in [2.75, 3.05) is 0 Å². The summed E-state index contributed by atoms with van der Waals surface area (Å²) >= 11 is 0. The minimum atomic E-state index is 0. The molecule has 1 N–H and O–H groups in total. The standard InChI is InChI=1S/C6H8N2O.Na.H/c9-3-1-2-6-4-7-5-8-6;;/h3-5H,1-2H2,(H,7,8);;/q;+1;-1. The van der Waals surface area contributed by atoms with Crippen LogP contribution in [0.15, 0.2) is 12.5 Å². The Labute approximate surface area is 83.0 Å². The Morgan fingerprint density at radius 3 is 3.10 bits per heavy atom. The first-order valence-corrected chi connectivity index (χ1v) is 2.84. The third-order valence-corrected chi connectivity index (χ3v) is 1.09. The molecule has 0 bridgehead atoms. The number of nitrogens with zero attached hydrogens (tertiary/aromatic N) is 1. The average molecular weight is 148 g/mol. The van der Waals surface area contributed by atoms with E-state index in [1.165, 1.54) is 0 Å². The fraction of sp³-hybridized carbons (Fsp3) is 0.333. The van der Waals surface area contributed by atoms with Gasteiger partial charge >= 0.3 is 29.6 Å². The zero-order valence-corrected chi connectivity index (χ0v) is 8.00. The van der Waals surface area contributed by atoms with Gasteiger partial charge < -0.3 is 11.2 Å². The number of aromatic nitrogens is 2. The molecule has 0 spiro atoms. The molecule has 0 aliphatic rings. The van der Waals surface area contributed by atoms with E-state index in [4.69, 9.17) is 0 Å². The van der Waals surface area contributed by atoms with E-state index in [0.29, 0.717) is 6.42 Å². The second kappa shape index (κ2) is 5.65. The number of aromatic amines is 1. The van der Waals surface area contributed by atoms with Crippen molar-refractivity contribution < 1.29 is 35.8 Å². The Morgan fingerprint density at radius 2 is 2.60 bits per heavy atom. The molecule has 0 unspecified atom stereocenters. The van der Waals surface area contributed by atoms with Crippen LogP contribution in [0.5, 0.6) is 0 Å². The summed E-state index contributed by atoms with van der Waals surface area (Å²) in [5.41, 5.74) is 1.02. The first-order valence-electron chi connectivity index (χ1n) is 2.84. The summed E-state index contributed by atoms with van der Waals surface area (Å²) in [7, 11) is 0. The molecule has 0 saturated heterocycles. The van der Waals surface area contributed by atoms with Gasteiger partial charge in [-0.1, -0.05) is 0 Å². The van der Waals surface area contributed by atoms with Crippen molar-refractivity contribution in [1.29, 1.82) is 0 Å². The predicted molar refractivity (Wildman–Crippen MR) is 34.1 cm³/mol. The normalized spacial score (nSPS) is 8.40. The number of imidazole rings is 1. The van der Waals surface area contributed by atoms with Gasteiger partial charge in [0.25, 0.3) is 0 Å². The second-order valence-electron chi connectivity index (χ2n) is 1.78. The summed E-state index contributed by atoms with van der Waals surface area (Å²) in [6.07, 6.45) is 5.58. The maximum atomic E-state index is 9.87. The molecule has 0 aliphatic heterocycles. The van der Waals surface area contributed by atoms with Crippen molar-refractivity contribution in [2.45, 2.75) is 12.8 Å². The molecule has 10 heavy (non-hydrogen) atoms. The second-order valence-corrected chi connectivity index (χ2v) is 1.78. The van der Waals surface area contributed by atoms with E-state index in [9.17, 15) is 4.79 Å². The molecule has 1 aromatic heterocycles. The molecule has 0 aliphatic carbocycles. The Bertz CT molecular complexity index is 179. The molecule has 50 valence electrons. The largest absolute Gasteiger partial charge is 1.00 e. The van der Waals surface area contributed by atoms with Crippen LogP contribution in [-0.2, 0) is 11.2 Å². The Hall–Kier alpha value is -0.120. The molecule has 1 rings (SSSR count). The smallest absolute Gasteiger partial charge is 1.00 e. The molecular formula is C6H9N2NaO. The molecular weight excluding hydrogens is 139 g/mol. The molecule has 0 fully saturated rings. The van der Waals surface area contributed by atoms with Crippen LogP contribution in [-0.4, -0.2) is 16.3 Å². The van der Waals surface area contributed by atoms with E-state index in [-0.39, 0.29) is 31.0 Å². The van der Waals surface area contributed by atoms with Crippen molar-refractivity contribution in [1.82, 2.24) is 9.97 Å². The topological polar surface area (TPSA) is 45.8 Å². The summed E-state index contributed by atoms with van der Waals surface area (Å²) in [4.78, 5) is 16.6. The van der Waals surface area contributed by atoms with Gasteiger partial charge in [0.05, 0.1) is 6.33 Å². The van der Waals surface area contributed by atoms with E-state index in [1.807, 2.05) is 0 Å². The van der Waals surface area contributed by atoms with Crippen molar-refractivity contribution in [3.8, 4) is 0 Å². The maximum absolute atomic E-state index is 9.87. The Balaban J connectivity index is 0. The van der Waals surface area contributed by atoms with E-state index >= 15 is 0 Å². The minimum absolute atomic E-state index is 0. The predicted octanol–water partition coefficient (Wildman–Crippen LogP) is -2.34. The molecule has 0 atom stereocenters. The van der Waals surface area contributed by atoms with Crippen LogP contribution >= 0.6 is 0 Å². The third-order valence-electron chi connectivity index (χ3n) is 1.09. The van der Waals surface area contributed by atoms with Gasteiger partial charge in [0, 0.05) is 18.3 Å². The number of H-pyrrole nitrogens is 1. The zero-order chi connectivity index (χ0) is 6.53. The van der Waals surface area contributed by atoms with Gasteiger partial charge in [-0.3, -0.25) is 0 Å². The van der Waals surface area contributed by atoms with Crippen LogP contribution in [0.2, 0.25) is 0 Å². The molecule has 3 nitrogen and oxygen atoms in total. The van der Waals surface area contributed by atoms with Gasteiger partial charge in [0.15, 0.2) is 0 Å². The molecule has 4 heteroatoms. The number of carbonyl (C=O) groups is 1. The van der Waals surface area contributed by atoms with Crippen molar-refractivity contribution in [3.63, 3.8) is 0 Å². The monoisotopic (exact) mass is 148 g/mol. The quantitative estimate of drug-likeness (QED) is 0.385. The average Bonchev–Trinajstić information content (AvgIpc) is 2.34. The number of hydrogen-bond acceptors (Lipinski definition) is 2. The zero-order valence-electron chi connectivity index (χ0n) is 7.00. The van der Waals surface area contributed by atoms with Gasteiger partial charge in [0.2, 0.25) is 0 Å². The SMILES string of the molecule is O=CCCc1cnc[nH]1.[H-].[Na+]. The Morgan fingerprint density at radius 1 is 1.80 bits per heavy atom. The molecule has 0 amide bonds. The fourth-order valence-electron chi connectivity index (χ4n) is 0.636. The number of nitrogens with one attached hydrogen (secondary N) is 1. The van der Waals surface area contributed by atoms with E-state index in [1.54, 1.807) is 12.5 Å². The van der Waals surface area contributed by atoms with E-state index < -0.39 is 0 Å². The molecule has 0 radical (unpaired) electrons. The maximum Gasteiger partial charge on any atom is 1.00 e. The number of hydrogen-bond donors (Lipinski definition) is 1. The van der Waals surface area contributed by atoms with E-state index in [2.05, 4.69) is 9.97 Å². The van der Waals surface area contributed by atoms with Crippen LogP contribution in [0.3, 0.4) is 0 Å². The van der Waals surface area contributed by atoms with Gasteiger partial charge in [-0.05, 0) is 6.42 Å². The van der Waals surface area contributed by atoms with Gasteiger partial charge in [-0.25, -0.2) is 4.98 Å². The molecule has 1 heterocycles. The summed E-state index contributed by atoms with van der Waals surface area (Å²) in [5.74, 6) is 0. The fourth-order valence-corrected chi connectivity index (χ4v) is 0.636. The molecule has 0 aromatic carbocycles. The van der Waals surface area contributed by atoms with Crippen LogP contribution in [0.4, 0.5) is 0 Å². The third kappa shape index (κ3) is 3.15. The number of rotatable bonds is 3. The number of aldehydes is 1. The van der Waals surface area contributed by atoms with Crippen LogP contribution in [0, 0.1) is 0 Å². The van der Waals surface area contributed by atoms with Crippen LogP contribution in [0.1, 0.15) is 13.5 Å². The van der Waals surface area contributed by atoms with Gasteiger partial charge in [0.1, 0.15) is 6.29 Å². The first kappa shape index (κ1) is 9.88. The molecule has 0 saturated carbocycles. The van der Waals surface area contributed by atoms with E-state index in [0.717, 1.165) is 18.4 Å². The van der Waals surface area contributed by atoms with Gasteiger partial charge in [-0.2, -0.15) is 0 Å². The number of aryl methyl sites for hydroxylation is 1.